The molecule has 0 aliphatic heterocycles. The average molecular weight is 292 g/mol. The van der Waals surface area contributed by atoms with Crippen LogP contribution < -0.4 is 15.2 Å². The van der Waals surface area contributed by atoms with Crippen molar-refractivity contribution in [3.8, 4) is 11.5 Å². The van der Waals surface area contributed by atoms with E-state index >= 15 is 0 Å². The summed E-state index contributed by atoms with van der Waals surface area (Å²) in [6.07, 6.45) is 4.15. The van der Waals surface area contributed by atoms with E-state index in [2.05, 4.69) is 11.8 Å². The molecule has 0 saturated heterocycles. The lowest BCUT2D eigenvalue weighted by atomic mass is 9.85. The van der Waals surface area contributed by atoms with Crippen LogP contribution in [0.4, 0.5) is 0 Å². The number of ether oxygens (including phenoxy) is 2. The minimum atomic E-state index is 0.00447. The Labute approximate surface area is 128 Å². The monoisotopic (exact) mass is 292 g/mol. The van der Waals surface area contributed by atoms with Crippen LogP contribution in [0.2, 0.25) is 0 Å². The van der Waals surface area contributed by atoms with Gasteiger partial charge in [-0.05, 0) is 43.0 Å². The van der Waals surface area contributed by atoms with Crippen LogP contribution in [0.1, 0.15) is 37.8 Å². The standard InChI is InChI=1S/C17H28N2O2/c1-4-19(11-13-6-5-7-13)12-15(18)14-8-9-16(20-2)17(10-14)21-3/h8-10,13,15H,4-7,11-12,18H2,1-3H3. The van der Waals surface area contributed by atoms with Crippen molar-refractivity contribution in [2.24, 2.45) is 11.7 Å². The lowest BCUT2D eigenvalue weighted by Gasteiger charge is -2.33. The molecule has 2 N–H and O–H groups in total. The second kappa shape index (κ2) is 7.66. The summed E-state index contributed by atoms with van der Waals surface area (Å²) in [6.45, 7) is 5.33. The van der Waals surface area contributed by atoms with Crippen LogP contribution in [-0.2, 0) is 0 Å². The minimum Gasteiger partial charge on any atom is -0.493 e. The van der Waals surface area contributed by atoms with Crippen LogP contribution in [0.3, 0.4) is 0 Å². The zero-order chi connectivity index (χ0) is 15.2. The van der Waals surface area contributed by atoms with Gasteiger partial charge in [-0.2, -0.15) is 0 Å². The molecule has 4 nitrogen and oxygen atoms in total. The van der Waals surface area contributed by atoms with Gasteiger partial charge in [0.1, 0.15) is 0 Å². The van der Waals surface area contributed by atoms with Crippen LogP contribution in [-0.4, -0.2) is 38.8 Å². The van der Waals surface area contributed by atoms with Crippen LogP contribution in [0, 0.1) is 5.92 Å². The molecule has 1 atom stereocenters. The van der Waals surface area contributed by atoms with E-state index in [1.165, 1.54) is 25.8 Å². The molecule has 1 aromatic carbocycles. The predicted octanol–water partition coefficient (Wildman–Crippen LogP) is 2.83. The molecular formula is C17H28N2O2. The second-order valence-electron chi connectivity index (χ2n) is 5.87. The quantitative estimate of drug-likeness (QED) is 0.800. The van der Waals surface area contributed by atoms with Gasteiger partial charge in [0.2, 0.25) is 0 Å². The molecule has 118 valence electrons. The van der Waals surface area contributed by atoms with E-state index in [1.807, 2.05) is 18.2 Å². The smallest absolute Gasteiger partial charge is 0.161 e. The second-order valence-corrected chi connectivity index (χ2v) is 5.87. The van der Waals surface area contributed by atoms with Gasteiger partial charge < -0.3 is 20.1 Å². The molecule has 0 bridgehead atoms. The first-order valence-electron chi connectivity index (χ1n) is 7.87. The summed E-state index contributed by atoms with van der Waals surface area (Å²) in [7, 11) is 3.30. The van der Waals surface area contributed by atoms with Crippen molar-refractivity contribution in [1.82, 2.24) is 4.90 Å². The van der Waals surface area contributed by atoms with Gasteiger partial charge in [0.25, 0.3) is 0 Å². The fourth-order valence-corrected chi connectivity index (χ4v) is 2.84. The highest BCUT2D eigenvalue weighted by Crippen LogP contribution is 2.30. The van der Waals surface area contributed by atoms with Gasteiger partial charge >= 0.3 is 0 Å². The number of hydrogen-bond acceptors (Lipinski definition) is 4. The number of rotatable bonds is 8. The summed E-state index contributed by atoms with van der Waals surface area (Å²) in [4.78, 5) is 2.46. The van der Waals surface area contributed by atoms with Crippen molar-refractivity contribution in [1.29, 1.82) is 0 Å². The van der Waals surface area contributed by atoms with Crippen molar-refractivity contribution >= 4 is 0 Å². The Morgan fingerprint density at radius 2 is 1.95 bits per heavy atom. The number of nitrogens with two attached hydrogens (primary N) is 1. The maximum Gasteiger partial charge on any atom is 0.161 e. The minimum absolute atomic E-state index is 0.00447. The molecule has 1 fully saturated rings. The molecule has 2 rings (SSSR count). The van der Waals surface area contributed by atoms with E-state index in [0.29, 0.717) is 0 Å². The zero-order valence-corrected chi connectivity index (χ0v) is 13.5. The van der Waals surface area contributed by atoms with Crippen molar-refractivity contribution in [3.05, 3.63) is 23.8 Å². The van der Waals surface area contributed by atoms with E-state index in [9.17, 15) is 0 Å². The SMILES string of the molecule is CCN(CC1CCC1)CC(N)c1ccc(OC)c(OC)c1. The molecule has 0 spiro atoms. The van der Waals surface area contributed by atoms with Gasteiger partial charge in [-0.15, -0.1) is 0 Å². The molecular weight excluding hydrogens is 264 g/mol. The van der Waals surface area contributed by atoms with E-state index < -0.39 is 0 Å². The molecule has 1 aliphatic rings. The topological polar surface area (TPSA) is 47.7 Å². The van der Waals surface area contributed by atoms with E-state index in [-0.39, 0.29) is 6.04 Å². The number of hydrogen-bond donors (Lipinski definition) is 1. The van der Waals surface area contributed by atoms with Crippen molar-refractivity contribution in [3.63, 3.8) is 0 Å². The van der Waals surface area contributed by atoms with Gasteiger partial charge in [0.15, 0.2) is 11.5 Å². The Balaban J connectivity index is 1.98. The summed E-state index contributed by atoms with van der Waals surface area (Å²) in [5.41, 5.74) is 7.48. The number of nitrogens with zero attached hydrogens (tertiary/aromatic N) is 1. The Morgan fingerprint density at radius 1 is 1.24 bits per heavy atom. The van der Waals surface area contributed by atoms with Crippen molar-refractivity contribution in [2.45, 2.75) is 32.2 Å². The van der Waals surface area contributed by atoms with Crippen LogP contribution in [0.15, 0.2) is 18.2 Å². The molecule has 21 heavy (non-hydrogen) atoms. The molecule has 0 heterocycles. The molecule has 4 heteroatoms. The maximum atomic E-state index is 6.38. The number of benzene rings is 1. The van der Waals surface area contributed by atoms with Crippen molar-refractivity contribution in [2.75, 3.05) is 33.9 Å². The first kappa shape index (κ1) is 16.1. The number of methoxy groups -OCH3 is 2. The third-order valence-electron chi connectivity index (χ3n) is 4.48. The molecule has 0 aromatic heterocycles. The molecule has 1 saturated carbocycles. The highest BCUT2D eigenvalue weighted by molar-refractivity contribution is 5.43. The van der Waals surface area contributed by atoms with Crippen LogP contribution >= 0.6 is 0 Å². The summed E-state index contributed by atoms with van der Waals surface area (Å²) in [6, 6.07) is 5.95. The normalized spacial score (nSPS) is 16.6. The molecule has 1 aromatic rings. The van der Waals surface area contributed by atoms with Gasteiger partial charge in [0, 0.05) is 19.1 Å². The zero-order valence-electron chi connectivity index (χ0n) is 13.5. The third-order valence-corrected chi connectivity index (χ3v) is 4.48. The first-order valence-corrected chi connectivity index (χ1v) is 7.87. The highest BCUT2D eigenvalue weighted by atomic mass is 16.5. The van der Waals surface area contributed by atoms with Gasteiger partial charge in [-0.3, -0.25) is 0 Å². The molecule has 0 radical (unpaired) electrons. The Morgan fingerprint density at radius 3 is 2.48 bits per heavy atom. The Hall–Kier alpha value is -1.26. The fourth-order valence-electron chi connectivity index (χ4n) is 2.84. The highest BCUT2D eigenvalue weighted by Gasteiger charge is 2.21. The van der Waals surface area contributed by atoms with Gasteiger partial charge in [-0.25, -0.2) is 0 Å². The largest absolute Gasteiger partial charge is 0.493 e. The maximum absolute atomic E-state index is 6.38. The summed E-state index contributed by atoms with van der Waals surface area (Å²) in [5.74, 6) is 2.37. The Bertz CT molecular complexity index is 446. The van der Waals surface area contributed by atoms with Crippen molar-refractivity contribution < 1.29 is 9.47 Å². The first-order chi connectivity index (χ1) is 10.2. The summed E-state index contributed by atoms with van der Waals surface area (Å²) < 4.78 is 10.6. The van der Waals surface area contributed by atoms with E-state index in [4.69, 9.17) is 15.2 Å². The van der Waals surface area contributed by atoms with E-state index in [0.717, 1.165) is 36.1 Å². The fraction of sp³-hybridized carbons (Fsp3) is 0.647. The van der Waals surface area contributed by atoms with Crippen LogP contribution in [0.25, 0.3) is 0 Å². The van der Waals surface area contributed by atoms with Crippen LogP contribution in [0.5, 0.6) is 11.5 Å². The lowest BCUT2D eigenvalue weighted by Crippen LogP contribution is -2.37. The summed E-state index contributed by atoms with van der Waals surface area (Å²) in [5, 5.41) is 0. The third kappa shape index (κ3) is 4.11. The molecule has 1 aliphatic carbocycles. The summed E-state index contributed by atoms with van der Waals surface area (Å²) >= 11 is 0. The average Bonchev–Trinajstić information content (AvgIpc) is 2.48. The van der Waals surface area contributed by atoms with E-state index in [1.54, 1.807) is 14.2 Å². The molecule has 0 amide bonds. The lowest BCUT2D eigenvalue weighted by molar-refractivity contribution is 0.176. The van der Waals surface area contributed by atoms with Gasteiger partial charge in [0.05, 0.1) is 14.2 Å². The molecule has 1 unspecified atom stereocenters. The van der Waals surface area contributed by atoms with Gasteiger partial charge in [-0.1, -0.05) is 19.4 Å². The Kier molecular flexibility index (Phi) is 5.88. The number of likely N-dealkylation sites (N-methyl/N-ethyl adjacent to an activating group) is 1. The predicted molar refractivity (Wildman–Crippen MR) is 85.9 cm³/mol.